The first kappa shape index (κ1) is 21.6. The van der Waals surface area contributed by atoms with Crippen molar-refractivity contribution in [2.75, 3.05) is 18.9 Å². The van der Waals surface area contributed by atoms with Gasteiger partial charge in [0.15, 0.2) is 17.4 Å². The molecule has 1 aromatic heterocycles. The molecule has 0 fully saturated rings. The highest BCUT2D eigenvalue weighted by atomic mass is 32.2. The normalized spacial score (nSPS) is 15.5. The van der Waals surface area contributed by atoms with E-state index in [0.717, 1.165) is 12.2 Å². The van der Waals surface area contributed by atoms with E-state index >= 15 is 0 Å². The van der Waals surface area contributed by atoms with Crippen LogP contribution in [0.1, 0.15) is 40.8 Å². The van der Waals surface area contributed by atoms with E-state index in [-0.39, 0.29) is 34.6 Å². The molecular weight excluding hydrogens is 406 g/mol. The maximum absolute atomic E-state index is 12.8. The van der Waals surface area contributed by atoms with Gasteiger partial charge in [-0.3, -0.25) is 4.79 Å². The maximum Gasteiger partial charge on any atom is 0.269 e. The number of furan rings is 1. The second-order valence-corrected chi connectivity index (χ2v) is 7.81. The van der Waals surface area contributed by atoms with Crippen LogP contribution < -0.4 is 10.6 Å². The van der Waals surface area contributed by atoms with E-state index < -0.39 is 11.2 Å². The predicted molar refractivity (Wildman–Crippen MR) is 117 cm³/mol. The standard InChI is InChI=1S/C20H25N5O4S/c1-5-10-25(4)20(27)16-12(2)6-9-15(17(16)26)22-19-18(23-30(28)24-19)21-11-14-8-7-13(3)29-14/h6-9,26H,5,10-11H2,1-4H3,(H,21,23)(H,22,24). The van der Waals surface area contributed by atoms with Gasteiger partial charge in [-0.2, -0.15) is 0 Å². The molecule has 2 aromatic rings. The second-order valence-electron chi connectivity index (χ2n) is 6.98. The van der Waals surface area contributed by atoms with Crippen molar-refractivity contribution in [1.82, 2.24) is 10.2 Å². The molecule has 1 aromatic carbocycles. The third-order valence-corrected chi connectivity index (χ3v) is 5.23. The van der Waals surface area contributed by atoms with Crippen molar-refractivity contribution in [3.63, 3.8) is 0 Å². The summed E-state index contributed by atoms with van der Waals surface area (Å²) >= 11 is -1.78. The molecular formula is C20H25N5O4S. The lowest BCUT2D eigenvalue weighted by atomic mass is 10.0. The topological polar surface area (TPSA) is 120 Å². The summed E-state index contributed by atoms with van der Waals surface area (Å²) in [6.07, 6.45) is 0.809. The zero-order valence-corrected chi connectivity index (χ0v) is 18.2. The molecule has 0 saturated carbocycles. The fourth-order valence-electron chi connectivity index (χ4n) is 3.03. The Bertz CT molecular complexity index is 1040. The molecule has 0 saturated heterocycles. The zero-order chi connectivity index (χ0) is 21.8. The highest BCUT2D eigenvalue weighted by Gasteiger charge is 2.24. The maximum atomic E-state index is 12.8. The first-order valence-electron chi connectivity index (χ1n) is 9.54. The second kappa shape index (κ2) is 9.12. The van der Waals surface area contributed by atoms with Crippen LogP contribution >= 0.6 is 0 Å². The molecule has 30 heavy (non-hydrogen) atoms. The fourth-order valence-corrected chi connectivity index (χ4v) is 3.67. The van der Waals surface area contributed by atoms with Gasteiger partial charge in [-0.15, -0.1) is 8.80 Å². The molecule has 0 spiro atoms. The summed E-state index contributed by atoms with van der Waals surface area (Å²) in [4.78, 5) is 14.3. The summed E-state index contributed by atoms with van der Waals surface area (Å²) in [6.45, 7) is 6.49. The molecule has 2 heterocycles. The number of nitrogens with zero attached hydrogens (tertiary/aromatic N) is 3. The number of carbonyl (C=O) groups excluding carboxylic acids is 1. The molecule has 160 valence electrons. The number of amides is 1. The summed E-state index contributed by atoms with van der Waals surface area (Å²) in [6, 6.07) is 7.04. The largest absolute Gasteiger partial charge is 0.505 e. The lowest BCUT2D eigenvalue weighted by Crippen LogP contribution is -2.33. The molecule has 3 N–H and O–H groups in total. The van der Waals surface area contributed by atoms with Crippen molar-refractivity contribution < 1.29 is 18.5 Å². The van der Waals surface area contributed by atoms with E-state index in [4.69, 9.17) is 4.42 Å². The molecule has 9 nitrogen and oxygen atoms in total. The van der Waals surface area contributed by atoms with Crippen molar-refractivity contribution >= 4 is 34.4 Å². The van der Waals surface area contributed by atoms with Crippen LogP contribution in [0.2, 0.25) is 0 Å². The van der Waals surface area contributed by atoms with Crippen LogP contribution in [0.15, 0.2) is 37.5 Å². The van der Waals surface area contributed by atoms with E-state index in [1.54, 1.807) is 31.0 Å². The average molecular weight is 432 g/mol. The molecule has 1 aliphatic rings. The fraction of sp³-hybridized carbons (Fsp3) is 0.350. The van der Waals surface area contributed by atoms with Crippen LogP contribution in [0.4, 0.5) is 5.69 Å². The van der Waals surface area contributed by atoms with Gasteiger partial charge in [0, 0.05) is 13.6 Å². The minimum absolute atomic E-state index is 0.190. The molecule has 10 heteroatoms. The van der Waals surface area contributed by atoms with Crippen LogP contribution in [-0.2, 0) is 17.7 Å². The van der Waals surface area contributed by atoms with E-state index in [0.29, 0.717) is 24.4 Å². The van der Waals surface area contributed by atoms with Crippen LogP contribution in [0.3, 0.4) is 0 Å². The number of rotatable bonds is 6. The third-order valence-electron chi connectivity index (χ3n) is 4.55. The van der Waals surface area contributed by atoms with Gasteiger partial charge in [-0.05, 0) is 44.0 Å². The number of benzene rings is 1. The van der Waals surface area contributed by atoms with Crippen LogP contribution in [0.25, 0.3) is 0 Å². The first-order valence-corrected chi connectivity index (χ1v) is 10.6. The summed E-state index contributed by atoms with van der Waals surface area (Å²) in [7, 11) is 1.69. The summed E-state index contributed by atoms with van der Waals surface area (Å²) in [5, 5.41) is 16.7. The minimum Gasteiger partial charge on any atom is -0.505 e. The monoisotopic (exact) mass is 431 g/mol. The quantitative estimate of drug-likeness (QED) is 0.605. The van der Waals surface area contributed by atoms with Crippen molar-refractivity contribution in [2.45, 2.75) is 33.7 Å². The number of phenols is 1. The minimum atomic E-state index is -1.78. The van der Waals surface area contributed by atoms with Crippen LogP contribution in [-0.4, -0.2) is 45.4 Å². The Labute approximate surface area is 177 Å². The number of hydrogen-bond donors (Lipinski definition) is 3. The van der Waals surface area contributed by atoms with Gasteiger partial charge in [0.25, 0.3) is 17.1 Å². The molecule has 1 amide bonds. The van der Waals surface area contributed by atoms with Gasteiger partial charge >= 0.3 is 0 Å². The van der Waals surface area contributed by atoms with Crippen molar-refractivity contribution in [1.29, 1.82) is 0 Å². The molecule has 1 aliphatic heterocycles. The van der Waals surface area contributed by atoms with Gasteiger partial charge in [-0.1, -0.05) is 13.0 Å². The summed E-state index contributed by atoms with van der Waals surface area (Å²) < 4.78 is 25.3. The molecule has 3 rings (SSSR count). The predicted octanol–water partition coefficient (Wildman–Crippen LogP) is 2.68. The number of aromatic hydroxyl groups is 1. The van der Waals surface area contributed by atoms with Crippen LogP contribution in [0, 0.1) is 13.8 Å². The number of nitrogens with one attached hydrogen (secondary N) is 2. The van der Waals surface area contributed by atoms with E-state index in [2.05, 4.69) is 19.4 Å². The van der Waals surface area contributed by atoms with Gasteiger partial charge in [-0.25, -0.2) is 4.21 Å². The van der Waals surface area contributed by atoms with Crippen molar-refractivity contribution in [3.05, 3.63) is 46.9 Å². The van der Waals surface area contributed by atoms with Gasteiger partial charge in [0.2, 0.25) is 0 Å². The lowest BCUT2D eigenvalue weighted by Gasteiger charge is -2.20. The Kier molecular flexibility index (Phi) is 6.56. The number of amidine groups is 2. The average Bonchev–Trinajstić information content (AvgIpc) is 3.27. The molecule has 0 aliphatic carbocycles. The van der Waals surface area contributed by atoms with E-state index in [1.807, 2.05) is 26.0 Å². The molecule has 0 radical (unpaired) electrons. The SMILES string of the molecule is CCCN(C)C(=O)c1c(C)ccc(NC2=NS(=O)N=C2NCc2ccc(C)o2)c1O. The molecule has 1 unspecified atom stereocenters. The van der Waals surface area contributed by atoms with E-state index in [1.165, 1.54) is 0 Å². The van der Waals surface area contributed by atoms with Gasteiger partial charge in [0.05, 0.1) is 17.8 Å². The number of phenolic OH excluding ortho intramolecular Hbond substituents is 1. The third kappa shape index (κ3) is 4.70. The van der Waals surface area contributed by atoms with Crippen LogP contribution in [0.5, 0.6) is 5.75 Å². The van der Waals surface area contributed by atoms with Gasteiger partial charge in [0.1, 0.15) is 11.5 Å². The lowest BCUT2D eigenvalue weighted by molar-refractivity contribution is 0.0791. The highest BCUT2D eigenvalue weighted by molar-refractivity contribution is 7.83. The Hall–Kier alpha value is -3.14. The Morgan fingerprint density at radius 3 is 2.60 bits per heavy atom. The van der Waals surface area contributed by atoms with Gasteiger partial charge < -0.3 is 25.1 Å². The Morgan fingerprint density at radius 2 is 1.93 bits per heavy atom. The van der Waals surface area contributed by atoms with Crippen molar-refractivity contribution in [2.24, 2.45) is 8.80 Å². The smallest absolute Gasteiger partial charge is 0.269 e. The molecule has 0 bridgehead atoms. The zero-order valence-electron chi connectivity index (χ0n) is 17.4. The number of hydrogen-bond acceptors (Lipinski definition) is 6. The number of carbonyl (C=O) groups is 1. The van der Waals surface area contributed by atoms with Crippen molar-refractivity contribution in [3.8, 4) is 5.75 Å². The number of aryl methyl sites for hydroxylation is 2. The van der Waals surface area contributed by atoms with E-state index in [9.17, 15) is 14.1 Å². The highest BCUT2D eigenvalue weighted by Crippen LogP contribution is 2.31. The first-order chi connectivity index (χ1) is 14.3. The Balaban J connectivity index is 1.80. The summed E-state index contributed by atoms with van der Waals surface area (Å²) in [5.41, 5.74) is 1.14. The number of anilines is 1. The molecule has 1 atom stereocenters. The Morgan fingerprint density at radius 1 is 1.20 bits per heavy atom. The summed E-state index contributed by atoms with van der Waals surface area (Å²) in [5.74, 6) is 1.49.